The molecule has 0 saturated heterocycles. The van der Waals surface area contributed by atoms with Gasteiger partial charge in [0.15, 0.2) is 0 Å². The molecule has 10 heteroatoms. The van der Waals surface area contributed by atoms with Gasteiger partial charge in [0.05, 0.1) is 24.0 Å². The van der Waals surface area contributed by atoms with E-state index in [1.807, 2.05) is 13.0 Å². The number of nitrogens with zero attached hydrogens (tertiary/aromatic N) is 4. The summed E-state index contributed by atoms with van der Waals surface area (Å²) in [5.74, 6) is -1.71. The molecule has 3 heterocycles. The Kier molecular flexibility index (Phi) is 7.25. The Hall–Kier alpha value is -2.88. The molecule has 0 unspecified atom stereocenters. The average Bonchev–Trinajstić information content (AvgIpc) is 3.22. The molecule has 1 saturated carbocycles. The first-order chi connectivity index (χ1) is 16.3. The molecule has 0 aliphatic heterocycles. The summed E-state index contributed by atoms with van der Waals surface area (Å²) in [6.07, 6.45) is 4.33. The lowest BCUT2D eigenvalue weighted by Gasteiger charge is -2.27. The van der Waals surface area contributed by atoms with E-state index in [4.69, 9.17) is 9.47 Å². The second-order valence-electron chi connectivity index (χ2n) is 8.60. The molecule has 7 nitrogen and oxygen atoms in total. The van der Waals surface area contributed by atoms with Crippen molar-refractivity contribution in [3.05, 3.63) is 40.7 Å². The minimum absolute atomic E-state index is 0.0675. The minimum Gasteiger partial charge on any atom is -0.481 e. The van der Waals surface area contributed by atoms with E-state index in [9.17, 15) is 13.6 Å². The van der Waals surface area contributed by atoms with Gasteiger partial charge in [-0.05, 0) is 42.4 Å². The van der Waals surface area contributed by atoms with Gasteiger partial charge in [-0.25, -0.2) is 23.7 Å². The van der Waals surface area contributed by atoms with Crippen LogP contribution in [-0.2, 0) is 13.0 Å². The fraction of sp³-hybridized carbons (Fsp3) is 0.500. The van der Waals surface area contributed by atoms with Crippen molar-refractivity contribution in [2.24, 2.45) is 5.92 Å². The number of rotatable bonds is 8. The van der Waals surface area contributed by atoms with Crippen LogP contribution in [0.25, 0.3) is 10.2 Å². The fourth-order valence-corrected chi connectivity index (χ4v) is 5.44. The molecule has 1 fully saturated rings. The normalized spacial score (nSPS) is 15.9. The molecular formula is C24H28F2N4O3S. The standard InChI is InChI=1S/C24H28F2N4O3S/c1-4-17-19-21(33-13-15-5-8-24(25,26)9-6-15)28-14-29-22(19)34-20(17)23(31)30(2)12-16-7-10-27-18(11-16)32-3/h7,10-11,14-15H,4-6,8-9,12-13H2,1-3H3. The van der Waals surface area contributed by atoms with Crippen LogP contribution in [0.15, 0.2) is 24.7 Å². The summed E-state index contributed by atoms with van der Waals surface area (Å²) in [6.45, 7) is 2.71. The summed E-state index contributed by atoms with van der Waals surface area (Å²) in [4.78, 5) is 29.1. The van der Waals surface area contributed by atoms with Gasteiger partial charge in [0.1, 0.15) is 11.2 Å². The summed E-state index contributed by atoms with van der Waals surface area (Å²) in [5, 5.41) is 0.735. The number of amides is 1. The predicted octanol–water partition coefficient (Wildman–Crippen LogP) is 5.13. The molecule has 182 valence electrons. The average molecular weight is 491 g/mol. The number of pyridine rings is 1. The zero-order chi connectivity index (χ0) is 24.3. The van der Waals surface area contributed by atoms with Crippen molar-refractivity contribution in [1.29, 1.82) is 0 Å². The Morgan fingerprint density at radius 2 is 2.03 bits per heavy atom. The van der Waals surface area contributed by atoms with Crippen molar-refractivity contribution >= 4 is 27.5 Å². The molecule has 3 aromatic rings. The van der Waals surface area contributed by atoms with Gasteiger partial charge in [-0.15, -0.1) is 11.3 Å². The Balaban J connectivity index is 1.53. The number of carbonyl (C=O) groups excluding carboxylic acids is 1. The highest BCUT2D eigenvalue weighted by Gasteiger charge is 2.35. The lowest BCUT2D eigenvalue weighted by Crippen LogP contribution is -2.27. The Bertz CT molecular complexity index is 1160. The molecule has 0 N–H and O–H groups in total. The molecule has 0 aromatic carbocycles. The molecule has 0 atom stereocenters. The van der Waals surface area contributed by atoms with E-state index in [-0.39, 0.29) is 24.7 Å². The van der Waals surface area contributed by atoms with Crippen molar-refractivity contribution in [3.8, 4) is 11.8 Å². The maximum Gasteiger partial charge on any atom is 0.264 e. The summed E-state index contributed by atoms with van der Waals surface area (Å²) in [6, 6.07) is 3.64. The van der Waals surface area contributed by atoms with E-state index in [2.05, 4.69) is 15.0 Å². The number of hydrogen-bond acceptors (Lipinski definition) is 7. The molecule has 34 heavy (non-hydrogen) atoms. The van der Waals surface area contributed by atoms with Gasteiger partial charge in [0.25, 0.3) is 5.91 Å². The Morgan fingerprint density at radius 1 is 1.26 bits per heavy atom. The van der Waals surface area contributed by atoms with E-state index in [1.165, 1.54) is 17.7 Å². The first-order valence-corrected chi connectivity index (χ1v) is 12.1. The third kappa shape index (κ3) is 5.27. The Labute approximate surface area is 201 Å². The van der Waals surface area contributed by atoms with Crippen LogP contribution in [0.3, 0.4) is 0 Å². The maximum atomic E-state index is 13.5. The van der Waals surface area contributed by atoms with Gasteiger partial charge in [-0.2, -0.15) is 0 Å². The number of aromatic nitrogens is 3. The molecule has 0 bridgehead atoms. The van der Waals surface area contributed by atoms with Crippen LogP contribution < -0.4 is 9.47 Å². The number of aryl methyl sites for hydroxylation is 1. The largest absolute Gasteiger partial charge is 0.481 e. The first kappa shape index (κ1) is 24.3. The van der Waals surface area contributed by atoms with Crippen LogP contribution in [0.2, 0.25) is 0 Å². The maximum absolute atomic E-state index is 13.5. The smallest absolute Gasteiger partial charge is 0.264 e. The quantitative estimate of drug-likeness (QED) is 0.436. The van der Waals surface area contributed by atoms with Crippen LogP contribution in [0.5, 0.6) is 11.8 Å². The highest BCUT2D eigenvalue weighted by molar-refractivity contribution is 7.20. The molecule has 3 aromatic heterocycles. The van der Waals surface area contributed by atoms with Gasteiger partial charge < -0.3 is 14.4 Å². The SMILES string of the molecule is CCc1c(C(=O)N(C)Cc2ccnc(OC)c2)sc2ncnc(OCC3CCC(F)(F)CC3)c12. The van der Waals surface area contributed by atoms with E-state index < -0.39 is 5.92 Å². The highest BCUT2D eigenvalue weighted by atomic mass is 32.1. The molecule has 0 spiro atoms. The lowest BCUT2D eigenvalue weighted by atomic mass is 9.87. The molecule has 1 amide bonds. The number of fused-ring (bicyclic) bond motifs is 1. The number of thiophene rings is 1. The molecule has 1 aliphatic rings. The topological polar surface area (TPSA) is 77.4 Å². The van der Waals surface area contributed by atoms with Crippen molar-refractivity contribution in [2.75, 3.05) is 20.8 Å². The first-order valence-electron chi connectivity index (χ1n) is 11.3. The number of ether oxygens (including phenoxy) is 2. The summed E-state index contributed by atoms with van der Waals surface area (Å²) in [7, 11) is 3.30. The number of hydrogen-bond donors (Lipinski definition) is 0. The van der Waals surface area contributed by atoms with Crippen molar-refractivity contribution in [2.45, 2.75) is 51.5 Å². The van der Waals surface area contributed by atoms with Crippen LogP contribution in [0.1, 0.15) is 53.4 Å². The van der Waals surface area contributed by atoms with Crippen LogP contribution in [0.4, 0.5) is 8.78 Å². The van der Waals surface area contributed by atoms with Gasteiger partial charge >= 0.3 is 0 Å². The lowest BCUT2D eigenvalue weighted by molar-refractivity contribution is -0.0499. The fourth-order valence-electron chi connectivity index (χ4n) is 4.22. The number of carbonyl (C=O) groups is 1. The summed E-state index contributed by atoms with van der Waals surface area (Å²) in [5.41, 5.74) is 1.75. The monoisotopic (exact) mass is 490 g/mol. The minimum atomic E-state index is -2.57. The van der Waals surface area contributed by atoms with Crippen LogP contribution in [0, 0.1) is 5.92 Å². The summed E-state index contributed by atoms with van der Waals surface area (Å²) >= 11 is 1.32. The number of methoxy groups -OCH3 is 1. The molecule has 1 aliphatic carbocycles. The van der Waals surface area contributed by atoms with Crippen molar-refractivity contribution < 1.29 is 23.0 Å². The van der Waals surface area contributed by atoms with Crippen LogP contribution >= 0.6 is 11.3 Å². The zero-order valence-electron chi connectivity index (χ0n) is 19.5. The van der Waals surface area contributed by atoms with E-state index in [1.54, 1.807) is 31.3 Å². The van der Waals surface area contributed by atoms with Gasteiger partial charge in [0, 0.05) is 38.7 Å². The van der Waals surface area contributed by atoms with Gasteiger partial charge in [0.2, 0.25) is 17.7 Å². The molecule has 0 radical (unpaired) electrons. The second-order valence-corrected chi connectivity index (χ2v) is 9.60. The van der Waals surface area contributed by atoms with Gasteiger partial charge in [-0.3, -0.25) is 4.79 Å². The van der Waals surface area contributed by atoms with E-state index in [0.29, 0.717) is 53.9 Å². The van der Waals surface area contributed by atoms with Crippen LogP contribution in [-0.4, -0.2) is 52.4 Å². The second kappa shape index (κ2) is 10.2. The highest BCUT2D eigenvalue weighted by Crippen LogP contribution is 2.38. The summed E-state index contributed by atoms with van der Waals surface area (Å²) < 4.78 is 38.1. The van der Waals surface area contributed by atoms with E-state index in [0.717, 1.165) is 16.5 Å². The third-order valence-electron chi connectivity index (χ3n) is 6.17. The molecular weight excluding hydrogens is 462 g/mol. The molecule has 4 rings (SSSR count). The van der Waals surface area contributed by atoms with E-state index >= 15 is 0 Å². The number of alkyl halides is 2. The Morgan fingerprint density at radius 3 is 2.74 bits per heavy atom. The predicted molar refractivity (Wildman–Crippen MR) is 126 cm³/mol. The van der Waals surface area contributed by atoms with Gasteiger partial charge in [-0.1, -0.05) is 6.92 Å². The number of halogens is 2. The van der Waals surface area contributed by atoms with Crippen molar-refractivity contribution in [3.63, 3.8) is 0 Å². The zero-order valence-corrected chi connectivity index (χ0v) is 20.3. The van der Waals surface area contributed by atoms with Crippen molar-refractivity contribution in [1.82, 2.24) is 19.9 Å². The third-order valence-corrected chi connectivity index (χ3v) is 7.30.